The minimum absolute atomic E-state index is 0.284. The van der Waals surface area contributed by atoms with Crippen molar-refractivity contribution in [3.8, 4) is 0 Å². The van der Waals surface area contributed by atoms with E-state index in [0.717, 1.165) is 54.4 Å². The summed E-state index contributed by atoms with van der Waals surface area (Å²) in [6, 6.07) is 8.07. The Hall–Kier alpha value is -1.74. The second kappa shape index (κ2) is 8.07. The summed E-state index contributed by atoms with van der Waals surface area (Å²) in [4.78, 5) is 12.5. The Balaban J connectivity index is 1.40. The van der Waals surface area contributed by atoms with Crippen LogP contribution in [-0.4, -0.2) is 59.4 Å². The van der Waals surface area contributed by atoms with Crippen molar-refractivity contribution < 1.29 is 13.7 Å². The summed E-state index contributed by atoms with van der Waals surface area (Å²) in [5, 5.41) is 4.24. The molecule has 1 atom stereocenters. The van der Waals surface area contributed by atoms with E-state index >= 15 is 0 Å². The van der Waals surface area contributed by atoms with Gasteiger partial charge in [0.05, 0.1) is 29.6 Å². The largest absolute Gasteiger partial charge is 0.381 e. The van der Waals surface area contributed by atoms with Gasteiger partial charge in [-0.25, -0.2) is 4.98 Å². The molecule has 0 saturated carbocycles. The van der Waals surface area contributed by atoms with Crippen molar-refractivity contribution in [2.24, 2.45) is 0 Å². The molecule has 2 aromatic rings. The predicted octanol–water partition coefficient (Wildman–Crippen LogP) is 2.75. The third-order valence-electron chi connectivity index (χ3n) is 6.17. The number of aromatic nitrogens is 2. The fourth-order valence-electron chi connectivity index (χ4n) is 4.35. The van der Waals surface area contributed by atoms with Crippen LogP contribution in [0.3, 0.4) is 0 Å². The molecule has 9 heteroatoms. The van der Waals surface area contributed by atoms with E-state index in [1.165, 1.54) is 0 Å². The smallest absolute Gasteiger partial charge is 0.227 e. The van der Waals surface area contributed by atoms with Crippen molar-refractivity contribution in [1.29, 1.82) is 0 Å². The van der Waals surface area contributed by atoms with Gasteiger partial charge in [0.25, 0.3) is 0 Å². The summed E-state index contributed by atoms with van der Waals surface area (Å²) in [6.45, 7) is 2.79. The number of methoxy groups -OCH3 is 1. The van der Waals surface area contributed by atoms with Crippen molar-refractivity contribution in [3.63, 3.8) is 0 Å². The molecule has 1 unspecified atom stereocenters. The quantitative estimate of drug-likeness (QED) is 0.753. The second-order valence-corrected chi connectivity index (χ2v) is 9.98. The summed E-state index contributed by atoms with van der Waals surface area (Å²) in [5.41, 5.74) is 1.59. The van der Waals surface area contributed by atoms with Crippen molar-refractivity contribution in [3.05, 3.63) is 40.5 Å². The minimum atomic E-state index is -1.04. The standard InChI is InChI=1S/C21H25ClN4O3S/c1-28-21(14-2-4-15(22)5-3-14)12-26(13-21)20-24-17-8-11-30(27)18(17)19(25-20)23-16-6-9-29-10-7-16/h2-5,16H,6-13H2,1H3,(H,23,24,25). The Bertz CT molecular complexity index is 959. The van der Waals surface area contributed by atoms with E-state index in [4.69, 9.17) is 31.0 Å². The minimum Gasteiger partial charge on any atom is -0.381 e. The molecule has 7 nitrogen and oxygen atoms in total. The lowest BCUT2D eigenvalue weighted by atomic mass is 9.86. The average Bonchev–Trinajstić information content (AvgIpc) is 3.11. The maximum absolute atomic E-state index is 12.6. The van der Waals surface area contributed by atoms with Crippen molar-refractivity contribution in [2.45, 2.75) is 35.8 Å². The zero-order valence-electron chi connectivity index (χ0n) is 16.9. The number of halogens is 1. The number of hydrogen-bond donors (Lipinski definition) is 1. The van der Waals surface area contributed by atoms with Crippen LogP contribution in [0.25, 0.3) is 0 Å². The van der Waals surface area contributed by atoms with Crippen LogP contribution in [0, 0.1) is 0 Å². The first-order valence-corrected chi connectivity index (χ1v) is 12.0. The Morgan fingerprint density at radius 2 is 1.97 bits per heavy atom. The highest BCUT2D eigenvalue weighted by molar-refractivity contribution is 7.85. The number of fused-ring (bicyclic) bond motifs is 1. The number of benzene rings is 1. The third-order valence-corrected chi connectivity index (χ3v) is 7.89. The van der Waals surface area contributed by atoms with Gasteiger partial charge < -0.3 is 19.7 Å². The third kappa shape index (κ3) is 3.60. The van der Waals surface area contributed by atoms with Crippen LogP contribution >= 0.6 is 11.6 Å². The number of hydrogen-bond acceptors (Lipinski definition) is 7. The second-order valence-electron chi connectivity index (χ2n) is 8.04. The van der Waals surface area contributed by atoms with Crippen LogP contribution in [0.1, 0.15) is 24.1 Å². The molecule has 0 spiro atoms. The number of rotatable bonds is 5. The van der Waals surface area contributed by atoms with Crippen LogP contribution in [0.5, 0.6) is 0 Å². The lowest BCUT2D eigenvalue weighted by Gasteiger charge is -2.49. The van der Waals surface area contributed by atoms with E-state index in [0.29, 0.717) is 29.8 Å². The summed E-state index contributed by atoms with van der Waals surface area (Å²) < 4.78 is 23.9. The predicted molar refractivity (Wildman–Crippen MR) is 117 cm³/mol. The molecule has 0 radical (unpaired) electrons. The Morgan fingerprint density at radius 1 is 1.23 bits per heavy atom. The Morgan fingerprint density at radius 3 is 2.67 bits per heavy atom. The topological polar surface area (TPSA) is 76.6 Å². The van der Waals surface area contributed by atoms with Crippen LogP contribution < -0.4 is 10.2 Å². The first kappa shape index (κ1) is 20.2. The number of anilines is 2. The number of nitrogens with one attached hydrogen (secondary N) is 1. The normalized spacial score (nSPS) is 23.1. The fraction of sp³-hybridized carbons (Fsp3) is 0.524. The average molecular weight is 449 g/mol. The monoisotopic (exact) mass is 448 g/mol. The highest BCUT2D eigenvalue weighted by Crippen LogP contribution is 2.39. The molecule has 1 N–H and O–H groups in total. The fourth-order valence-corrected chi connectivity index (χ4v) is 5.79. The maximum atomic E-state index is 12.6. The Kier molecular flexibility index (Phi) is 5.43. The van der Waals surface area contributed by atoms with Crippen molar-refractivity contribution in [1.82, 2.24) is 9.97 Å². The SMILES string of the molecule is COC1(c2ccc(Cl)cc2)CN(c2nc3c(c(NC4CCOCC4)n2)S(=O)CC3)C1. The van der Waals surface area contributed by atoms with Crippen LogP contribution in [0.15, 0.2) is 29.2 Å². The lowest BCUT2D eigenvalue weighted by molar-refractivity contribution is -0.0390. The van der Waals surface area contributed by atoms with Gasteiger partial charge in [-0.2, -0.15) is 4.98 Å². The van der Waals surface area contributed by atoms with Gasteiger partial charge in [0, 0.05) is 43.6 Å². The molecule has 4 heterocycles. The summed E-state index contributed by atoms with van der Waals surface area (Å²) in [6.07, 6.45) is 2.57. The van der Waals surface area contributed by atoms with E-state index in [9.17, 15) is 4.21 Å². The Labute approximate surface area is 183 Å². The zero-order valence-corrected chi connectivity index (χ0v) is 18.5. The molecule has 5 rings (SSSR count). The van der Waals surface area contributed by atoms with E-state index in [-0.39, 0.29) is 6.04 Å². The lowest BCUT2D eigenvalue weighted by Crippen LogP contribution is -2.61. The van der Waals surface area contributed by atoms with E-state index < -0.39 is 16.4 Å². The summed E-state index contributed by atoms with van der Waals surface area (Å²) in [5.74, 6) is 2.01. The van der Waals surface area contributed by atoms with Gasteiger partial charge in [0.2, 0.25) is 5.95 Å². The molecule has 2 fully saturated rings. The molecule has 1 aromatic heterocycles. The molecule has 2 saturated heterocycles. The maximum Gasteiger partial charge on any atom is 0.227 e. The van der Waals surface area contributed by atoms with Crippen molar-refractivity contribution >= 4 is 34.2 Å². The molecule has 3 aliphatic rings. The highest BCUT2D eigenvalue weighted by atomic mass is 35.5. The van der Waals surface area contributed by atoms with Gasteiger partial charge in [-0.3, -0.25) is 4.21 Å². The molecule has 0 aliphatic carbocycles. The highest BCUT2D eigenvalue weighted by Gasteiger charge is 2.46. The molecule has 30 heavy (non-hydrogen) atoms. The molecular weight excluding hydrogens is 424 g/mol. The summed E-state index contributed by atoms with van der Waals surface area (Å²) >= 11 is 6.04. The first-order valence-electron chi connectivity index (χ1n) is 10.3. The van der Waals surface area contributed by atoms with E-state index in [1.54, 1.807) is 7.11 Å². The molecule has 0 amide bonds. The van der Waals surface area contributed by atoms with Gasteiger partial charge >= 0.3 is 0 Å². The first-order chi connectivity index (χ1) is 14.6. The molecule has 160 valence electrons. The number of aryl methyl sites for hydroxylation is 1. The van der Waals surface area contributed by atoms with Gasteiger partial charge in [-0.1, -0.05) is 23.7 Å². The zero-order chi connectivity index (χ0) is 20.7. The summed E-state index contributed by atoms with van der Waals surface area (Å²) in [7, 11) is 0.690. The van der Waals surface area contributed by atoms with E-state index in [1.807, 2.05) is 24.3 Å². The van der Waals surface area contributed by atoms with Crippen LogP contribution in [0.2, 0.25) is 5.02 Å². The molecule has 1 aromatic carbocycles. The van der Waals surface area contributed by atoms with Gasteiger partial charge in [-0.05, 0) is 30.5 Å². The van der Waals surface area contributed by atoms with E-state index in [2.05, 4.69) is 10.2 Å². The number of nitrogens with zero attached hydrogens (tertiary/aromatic N) is 3. The van der Waals surface area contributed by atoms with Crippen LogP contribution in [-0.2, 0) is 32.3 Å². The van der Waals surface area contributed by atoms with Gasteiger partial charge in [0.1, 0.15) is 16.3 Å². The number of ether oxygens (including phenoxy) is 2. The van der Waals surface area contributed by atoms with Gasteiger partial charge in [-0.15, -0.1) is 0 Å². The molecular formula is C21H25ClN4O3S. The van der Waals surface area contributed by atoms with Gasteiger partial charge in [0.15, 0.2) is 0 Å². The molecule has 3 aliphatic heterocycles. The van der Waals surface area contributed by atoms with Crippen molar-refractivity contribution in [2.75, 3.05) is 49.4 Å². The van der Waals surface area contributed by atoms with Crippen LogP contribution in [0.4, 0.5) is 11.8 Å². The molecule has 0 bridgehead atoms.